The zero-order chi connectivity index (χ0) is 15.9. The number of nitrogens with zero attached hydrogens (tertiary/aromatic N) is 2. The molecule has 0 N–H and O–H groups in total. The SMILES string of the molecule is C=Cc1cn(S(=O)(=O)c2ccc(C)cc2)c2ncc(Br)cc12. The molecule has 2 aromatic heterocycles. The zero-order valence-electron chi connectivity index (χ0n) is 11.8. The van der Waals surface area contributed by atoms with Crippen molar-refractivity contribution in [1.82, 2.24) is 8.96 Å². The third kappa shape index (κ3) is 2.38. The number of pyridine rings is 1. The molecule has 0 aliphatic heterocycles. The summed E-state index contributed by atoms with van der Waals surface area (Å²) >= 11 is 3.35. The first kappa shape index (κ1) is 15.0. The highest BCUT2D eigenvalue weighted by molar-refractivity contribution is 9.10. The van der Waals surface area contributed by atoms with E-state index < -0.39 is 10.0 Å². The van der Waals surface area contributed by atoms with Crippen molar-refractivity contribution in [1.29, 1.82) is 0 Å². The summed E-state index contributed by atoms with van der Waals surface area (Å²) in [5.74, 6) is 0. The van der Waals surface area contributed by atoms with Gasteiger partial charge in [0.1, 0.15) is 0 Å². The van der Waals surface area contributed by atoms with Gasteiger partial charge < -0.3 is 0 Å². The lowest BCUT2D eigenvalue weighted by Gasteiger charge is -2.07. The standard InChI is InChI=1S/C16H13BrN2O2S/c1-3-12-10-19(16-15(12)8-13(17)9-18-16)22(20,21)14-6-4-11(2)5-7-14/h3-10H,1H2,2H3. The fraction of sp³-hybridized carbons (Fsp3) is 0.0625. The summed E-state index contributed by atoms with van der Waals surface area (Å²) in [4.78, 5) is 4.48. The molecular weight excluding hydrogens is 364 g/mol. The van der Waals surface area contributed by atoms with Gasteiger partial charge in [0.05, 0.1) is 4.90 Å². The number of hydrogen-bond acceptors (Lipinski definition) is 3. The highest BCUT2D eigenvalue weighted by Gasteiger charge is 2.21. The Morgan fingerprint density at radius 3 is 2.59 bits per heavy atom. The number of aromatic nitrogens is 2. The monoisotopic (exact) mass is 376 g/mol. The first-order valence-electron chi connectivity index (χ1n) is 6.55. The second kappa shape index (κ2) is 5.37. The van der Waals surface area contributed by atoms with E-state index in [1.54, 1.807) is 42.7 Å². The van der Waals surface area contributed by atoms with E-state index in [2.05, 4.69) is 27.5 Å². The highest BCUT2D eigenvalue weighted by atomic mass is 79.9. The van der Waals surface area contributed by atoms with Gasteiger partial charge in [-0.25, -0.2) is 17.4 Å². The van der Waals surface area contributed by atoms with Gasteiger partial charge in [-0.1, -0.05) is 30.4 Å². The van der Waals surface area contributed by atoms with Crippen molar-refractivity contribution in [3.05, 3.63) is 64.9 Å². The number of rotatable bonds is 3. The maximum atomic E-state index is 12.9. The molecule has 22 heavy (non-hydrogen) atoms. The van der Waals surface area contributed by atoms with Crippen LogP contribution in [0.2, 0.25) is 0 Å². The van der Waals surface area contributed by atoms with E-state index in [-0.39, 0.29) is 4.90 Å². The van der Waals surface area contributed by atoms with Crippen LogP contribution < -0.4 is 0 Å². The molecule has 112 valence electrons. The van der Waals surface area contributed by atoms with E-state index in [4.69, 9.17) is 0 Å². The molecule has 0 unspecified atom stereocenters. The summed E-state index contributed by atoms with van der Waals surface area (Å²) in [6.07, 6.45) is 4.75. The predicted molar refractivity (Wildman–Crippen MR) is 91.3 cm³/mol. The number of benzene rings is 1. The Bertz CT molecular complexity index is 973. The molecule has 0 bridgehead atoms. The normalized spacial score (nSPS) is 11.7. The van der Waals surface area contributed by atoms with Crippen LogP contribution in [0, 0.1) is 6.92 Å². The maximum Gasteiger partial charge on any atom is 0.269 e. The van der Waals surface area contributed by atoms with E-state index in [9.17, 15) is 8.42 Å². The number of fused-ring (bicyclic) bond motifs is 1. The molecule has 0 aliphatic carbocycles. The minimum Gasteiger partial charge on any atom is -0.236 e. The van der Waals surface area contributed by atoms with Crippen LogP contribution in [0.3, 0.4) is 0 Å². The van der Waals surface area contributed by atoms with E-state index >= 15 is 0 Å². The highest BCUT2D eigenvalue weighted by Crippen LogP contribution is 2.27. The molecule has 0 amide bonds. The Morgan fingerprint density at radius 1 is 1.27 bits per heavy atom. The summed E-state index contributed by atoms with van der Waals surface area (Å²) in [6, 6.07) is 8.58. The number of hydrogen-bond donors (Lipinski definition) is 0. The molecule has 3 aromatic rings. The molecule has 0 saturated carbocycles. The van der Waals surface area contributed by atoms with Crippen LogP contribution in [0.25, 0.3) is 17.1 Å². The molecule has 0 radical (unpaired) electrons. The summed E-state index contributed by atoms with van der Waals surface area (Å²) in [5.41, 5.74) is 2.11. The van der Waals surface area contributed by atoms with Crippen LogP contribution in [-0.2, 0) is 10.0 Å². The number of aryl methyl sites for hydroxylation is 1. The van der Waals surface area contributed by atoms with Gasteiger partial charge in [-0.3, -0.25) is 0 Å². The third-order valence-electron chi connectivity index (χ3n) is 3.41. The lowest BCUT2D eigenvalue weighted by Crippen LogP contribution is -2.12. The minimum absolute atomic E-state index is 0.232. The number of halogens is 1. The fourth-order valence-corrected chi connectivity index (χ4v) is 3.91. The average molecular weight is 377 g/mol. The van der Waals surface area contributed by atoms with Crippen molar-refractivity contribution < 1.29 is 8.42 Å². The van der Waals surface area contributed by atoms with Crippen molar-refractivity contribution in [2.24, 2.45) is 0 Å². The van der Waals surface area contributed by atoms with Crippen molar-refractivity contribution in [2.45, 2.75) is 11.8 Å². The second-order valence-electron chi connectivity index (χ2n) is 4.93. The lowest BCUT2D eigenvalue weighted by molar-refractivity contribution is 0.588. The Labute approximate surface area is 137 Å². The van der Waals surface area contributed by atoms with Crippen LogP contribution in [0.15, 0.2) is 58.7 Å². The molecule has 0 atom stereocenters. The molecule has 2 heterocycles. The van der Waals surface area contributed by atoms with E-state index in [0.29, 0.717) is 5.65 Å². The summed E-state index contributed by atoms with van der Waals surface area (Å²) < 4.78 is 27.7. The predicted octanol–water partition coefficient (Wildman–Crippen LogP) is 3.99. The Kier molecular flexibility index (Phi) is 3.66. The van der Waals surface area contributed by atoms with Crippen LogP contribution in [0.4, 0.5) is 0 Å². The molecule has 1 aromatic carbocycles. The van der Waals surface area contributed by atoms with Gasteiger partial charge in [-0.2, -0.15) is 0 Å². The van der Waals surface area contributed by atoms with Gasteiger partial charge in [0, 0.05) is 27.8 Å². The minimum atomic E-state index is -3.69. The molecule has 0 spiro atoms. The first-order chi connectivity index (χ1) is 10.4. The van der Waals surface area contributed by atoms with Crippen LogP contribution in [0.5, 0.6) is 0 Å². The van der Waals surface area contributed by atoms with Gasteiger partial charge >= 0.3 is 0 Å². The van der Waals surface area contributed by atoms with Crippen LogP contribution in [0.1, 0.15) is 11.1 Å². The van der Waals surface area contributed by atoms with E-state index in [1.165, 1.54) is 3.97 Å². The zero-order valence-corrected chi connectivity index (χ0v) is 14.2. The molecule has 0 saturated heterocycles. The molecule has 0 aliphatic rings. The van der Waals surface area contributed by atoms with Crippen molar-refractivity contribution >= 4 is 43.1 Å². The van der Waals surface area contributed by atoms with Gasteiger partial charge in [0.25, 0.3) is 10.0 Å². The van der Waals surface area contributed by atoms with Crippen molar-refractivity contribution in [3.63, 3.8) is 0 Å². The Balaban J connectivity index is 2.29. The summed E-state index contributed by atoms with van der Waals surface area (Å²) in [5, 5.41) is 0.736. The van der Waals surface area contributed by atoms with Crippen molar-refractivity contribution in [2.75, 3.05) is 0 Å². The average Bonchev–Trinajstić information content (AvgIpc) is 2.86. The fourth-order valence-electron chi connectivity index (χ4n) is 2.25. The third-order valence-corrected chi connectivity index (χ3v) is 5.50. The Morgan fingerprint density at radius 2 is 1.95 bits per heavy atom. The van der Waals surface area contributed by atoms with Crippen molar-refractivity contribution in [3.8, 4) is 0 Å². The first-order valence-corrected chi connectivity index (χ1v) is 8.78. The molecule has 4 nitrogen and oxygen atoms in total. The topological polar surface area (TPSA) is 52.0 Å². The molecule has 3 rings (SSSR count). The van der Waals surface area contributed by atoms with Crippen LogP contribution in [-0.4, -0.2) is 17.4 Å². The second-order valence-corrected chi connectivity index (χ2v) is 7.66. The summed E-state index contributed by atoms with van der Waals surface area (Å²) in [6.45, 7) is 5.65. The Hall–Kier alpha value is -1.92. The largest absolute Gasteiger partial charge is 0.269 e. The van der Waals surface area contributed by atoms with E-state index in [0.717, 1.165) is 21.0 Å². The van der Waals surface area contributed by atoms with Gasteiger partial charge in [-0.15, -0.1) is 0 Å². The summed E-state index contributed by atoms with van der Waals surface area (Å²) in [7, 11) is -3.69. The van der Waals surface area contributed by atoms with Gasteiger partial charge in [-0.05, 0) is 41.1 Å². The lowest BCUT2D eigenvalue weighted by atomic mass is 10.2. The quantitative estimate of drug-likeness (QED) is 0.694. The molecule has 0 fully saturated rings. The van der Waals surface area contributed by atoms with Crippen LogP contribution >= 0.6 is 15.9 Å². The smallest absolute Gasteiger partial charge is 0.236 e. The maximum absolute atomic E-state index is 12.9. The molecular formula is C16H13BrN2O2S. The van der Waals surface area contributed by atoms with Gasteiger partial charge in [0.2, 0.25) is 0 Å². The van der Waals surface area contributed by atoms with Gasteiger partial charge in [0.15, 0.2) is 5.65 Å². The molecule has 6 heteroatoms. The van der Waals surface area contributed by atoms with E-state index in [1.807, 2.05) is 13.0 Å².